The second kappa shape index (κ2) is 7.32. The summed E-state index contributed by atoms with van der Waals surface area (Å²) in [6.45, 7) is 3.14. The molecule has 0 amide bonds. The van der Waals surface area contributed by atoms with Crippen molar-refractivity contribution < 1.29 is 0 Å². The van der Waals surface area contributed by atoms with Gasteiger partial charge in [0.05, 0.1) is 11.7 Å². The third kappa shape index (κ3) is 3.24. The Morgan fingerprint density at radius 1 is 1.19 bits per heavy atom. The first-order valence-electron chi connectivity index (χ1n) is 9.35. The molecule has 4 rings (SSSR count). The summed E-state index contributed by atoms with van der Waals surface area (Å²) in [6.07, 6.45) is 5.74. The predicted molar refractivity (Wildman–Crippen MR) is 110 cm³/mol. The number of nitrogens with zero attached hydrogens (tertiary/aromatic N) is 4. The van der Waals surface area contributed by atoms with E-state index in [0.717, 1.165) is 52.8 Å². The third-order valence-corrected chi connectivity index (χ3v) is 5.07. The van der Waals surface area contributed by atoms with Gasteiger partial charge < -0.3 is 11.1 Å². The van der Waals surface area contributed by atoms with Crippen LogP contribution in [0.1, 0.15) is 31.4 Å². The summed E-state index contributed by atoms with van der Waals surface area (Å²) in [5, 5.41) is 8.77. The summed E-state index contributed by atoms with van der Waals surface area (Å²) < 4.78 is 1.71. The van der Waals surface area contributed by atoms with Gasteiger partial charge in [0.25, 0.3) is 0 Å². The summed E-state index contributed by atoms with van der Waals surface area (Å²) >= 11 is 0. The van der Waals surface area contributed by atoms with E-state index in [2.05, 4.69) is 34.5 Å². The molecule has 3 aromatic heterocycles. The lowest BCUT2D eigenvalue weighted by molar-refractivity contribution is 0.568. The van der Waals surface area contributed by atoms with E-state index >= 15 is 0 Å². The van der Waals surface area contributed by atoms with E-state index in [1.165, 1.54) is 0 Å². The van der Waals surface area contributed by atoms with Crippen LogP contribution in [-0.4, -0.2) is 33.2 Å². The zero-order chi connectivity index (χ0) is 18.8. The maximum atomic E-state index is 6.29. The predicted octanol–water partition coefficient (Wildman–Crippen LogP) is 3.63. The van der Waals surface area contributed by atoms with Crippen LogP contribution in [0.5, 0.6) is 0 Å². The van der Waals surface area contributed by atoms with Crippen LogP contribution in [0.15, 0.2) is 48.8 Å². The van der Waals surface area contributed by atoms with Crippen molar-refractivity contribution in [1.29, 1.82) is 0 Å². The Hall–Kier alpha value is -2.99. The van der Waals surface area contributed by atoms with Crippen molar-refractivity contribution in [2.75, 3.05) is 19.3 Å². The lowest BCUT2D eigenvalue weighted by atomic mass is 9.98. The van der Waals surface area contributed by atoms with Crippen LogP contribution in [0, 0.1) is 0 Å². The van der Waals surface area contributed by atoms with Crippen molar-refractivity contribution in [2.45, 2.75) is 25.7 Å². The average Bonchev–Trinajstić information content (AvgIpc) is 3.13. The Morgan fingerprint density at radius 3 is 2.85 bits per heavy atom. The molecule has 0 saturated heterocycles. The molecule has 0 aliphatic carbocycles. The minimum atomic E-state index is 0.363. The van der Waals surface area contributed by atoms with E-state index in [-0.39, 0.29) is 0 Å². The molecule has 1 aromatic carbocycles. The van der Waals surface area contributed by atoms with E-state index in [9.17, 15) is 0 Å². The van der Waals surface area contributed by atoms with Crippen molar-refractivity contribution in [3.05, 3.63) is 54.5 Å². The molecule has 3 heterocycles. The number of hydrogen-bond donors (Lipinski definition) is 2. The number of hydrogen-bond acceptors (Lipinski definition) is 5. The number of fused-ring (bicyclic) bond motifs is 2. The Morgan fingerprint density at radius 2 is 2.04 bits per heavy atom. The zero-order valence-electron chi connectivity index (χ0n) is 15.7. The summed E-state index contributed by atoms with van der Waals surface area (Å²) in [7, 11) is 1.97. The van der Waals surface area contributed by atoms with E-state index in [0.29, 0.717) is 11.7 Å². The van der Waals surface area contributed by atoms with Gasteiger partial charge in [0.2, 0.25) is 0 Å². The summed E-state index contributed by atoms with van der Waals surface area (Å²) in [5.74, 6) is 0.972. The largest absolute Gasteiger partial charge is 0.384 e. The number of nitrogen functional groups attached to an aromatic ring is 1. The van der Waals surface area contributed by atoms with Gasteiger partial charge in [-0.15, -0.1) is 0 Å². The number of aromatic nitrogens is 4. The highest BCUT2D eigenvalue weighted by molar-refractivity contribution is 5.86. The molecule has 6 nitrogen and oxygen atoms in total. The molecule has 0 saturated carbocycles. The number of nitrogens with two attached hydrogens (primary N) is 1. The Kier molecular flexibility index (Phi) is 4.73. The van der Waals surface area contributed by atoms with Gasteiger partial charge >= 0.3 is 0 Å². The van der Waals surface area contributed by atoms with E-state index in [1.54, 1.807) is 4.52 Å². The van der Waals surface area contributed by atoms with Crippen LogP contribution in [0.4, 0.5) is 5.82 Å². The molecule has 0 spiro atoms. The van der Waals surface area contributed by atoms with Gasteiger partial charge in [-0.1, -0.05) is 25.1 Å². The molecule has 0 bridgehead atoms. The third-order valence-electron chi connectivity index (χ3n) is 5.07. The second-order valence-electron chi connectivity index (χ2n) is 6.81. The van der Waals surface area contributed by atoms with Crippen LogP contribution in [0.3, 0.4) is 0 Å². The minimum absolute atomic E-state index is 0.363. The molecular formula is C21H24N6. The molecule has 0 fully saturated rings. The normalized spacial score (nSPS) is 12.7. The van der Waals surface area contributed by atoms with Crippen LogP contribution in [0.2, 0.25) is 0 Å². The fourth-order valence-electron chi connectivity index (χ4n) is 3.52. The molecule has 0 aliphatic heterocycles. The van der Waals surface area contributed by atoms with Crippen molar-refractivity contribution in [2.24, 2.45) is 0 Å². The lowest BCUT2D eigenvalue weighted by Crippen LogP contribution is -2.14. The van der Waals surface area contributed by atoms with Crippen molar-refractivity contribution in [1.82, 2.24) is 24.9 Å². The standard InChI is InChI=1S/C21H24N6/c1-3-14(8-9-23-2)19-11-20(22)27-21(26-19)17(13-25-27)16-10-15-6-4-5-7-18(15)24-12-16/h4-7,10-14,23H,3,8-9,22H2,1-2H3. The molecule has 3 N–H and O–H groups in total. The highest BCUT2D eigenvalue weighted by atomic mass is 15.3. The Balaban J connectivity index is 1.83. The van der Waals surface area contributed by atoms with Crippen LogP contribution in [-0.2, 0) is 0 Å². The fourth-order valence-corrected chi connectivity index (χ4v) is 3.52. The van der Waals surface area contributed by atoms with E-state index in [1.807, 2.05) is 43.7 Å². The van der Waals surface area contributed by atoms with Gasteiger partial charge in [-0.05, 0) is 38.6 Å². The van der Waals surface area contributed by atoms with Crippen molar-refractivity contribution >= 4 is 22.4 Å². The van der Waals surface area contributed by atoms with E-state index < -0.39 is 0 Å². The molecule has 4 aromatic rings. The summed E-state index contributed by atoms with van der Waals surface area (Å²) in [6, 6.07) is 12.2. The first kappa shape index (κ1) is 17.4. The molecule has 0 radical (unpaired) electrons. The number of nitrogens with one attached hydrogen (secondary N) is 1. The van der Waals surface area contributed by atoms with Crippen molar-refractivity contribution in [3.8, 4) is 11.1 Å². The van der Waals surface area contributed by atoms with Gasteiger partial charge in [0, 0.05) is 40.4 Å². The van der Waals surface area contributed by atoms with Gasteiger partial charge in [0.1, 0.15) is 5.82 Å². The first-order chi connectivity index (χ1) is 13.2. The molecule has 138 valence electrons. The first-order valence-corrected chi connectivity index (χ1v) is 9.35. The van der Waals surface area contributed by atoms with Crippen LogP contribution >= 0.6 is 0 Å². The summed E-state index contributed by atoms with van der Waals surface area (Å²) in [5.41, 5.74) is 11.0. The summed E-state index contributed by atoms with van der Waals surface area (Å²) in [4.78, 5) is 9.52. The van der Waals surface area contributed by atoms with Gasteiger partial charge in [-0.25, -0.2) is 4.98 Å². The molecule has 0 aliphatic rings. The SMILES string of the molecule is CCC(CCNC)c1cc(N)n2ncc(-c3cnc4ccccc4c3)c2n1. The molecular weight excluding hydrogens is 336 g/mol. The highest BCUT2D eigenvalue weighted by Gasteiger charge is 2.17. The lowest BCUT2D eigenvalue weighted by Gasteiger charge is -2.15. The zero-order valence-corrected chi connectivity index (χ0v) is 15.7. The van der Waals surface area contributed by atoms with Crippen LogP contribution < -0.4 is 11.1 Å². The Labute approximate surface area is 158 Å². The van der Waals surface area contributed by atoms with Gasteiger partial charge in [-0.3, -0.25) is 4.98 Å². The van der Waals surface area contributed by atoms with Gasteiger partial charge in [0.15, 0.2) is 5.65 Å². The number of benzene rings is 1. The number of rotatable bonds is 6. The fraction of sp³-hybridized carbons (Fsp3) is 0.286. The smallest absolute Gasteiger partial charge is 0.165 e. The minimum Gasteiger partial charge on any atom is -0.384 e. The highest BCUT2D eigenvalue weighted by Crippen LogP contribution is 2.29. The number of anilines is 1. The van der Waals surface area contributed by atoms with Crippen LogP contribution in [0.25, 0.3) is 27.7 Å². The molecule has 6 heteroatoms. The molecule has 1 unspecified atom stereocenters. The van der Waals surface area contributed by atoms with E-state index in [4.69, 9.17) is 10.7 Å². The van der Waals surface area contributed by atoms with Crippen molar-refractivity contribution in [3.63, 3.8) is 0 Å². The van der Waals surface area contributed by atoms with Gasteiger partial charge in [-0.2, -0.15) is 9.61 Å². The number of para-hydroxylation sites is 1. The number of pyridine rings is 1. The molecule has 27 heavy (non-hydrogen) atoms. The monoisotopic (exact) mass is 360 g/mol. The second-order valence-corrected chi connectivity index (χ2v) is 6.81. The topological polar surface area (TPSA) is 81.1 Å². The quantitative estimate of drug-likeness (QED) is 0.549. The average molecular weight is 360 g/mol. The molecule has 1 atom stereocenters. The Bertz CT molecular complexity index is 1080. The maximum absolute atomic E-state index is 6.29. The maximum Gasteiger partial charge on any atom is 0.165 e.